The zero-order valence-corrected chi connectivity index (χ0v) is 11.8. The van der Waals surface area contributed by atoms with Gasteiger partial charge < -0.3 is 10.2 Å². The van der Waals surface area contributed by atoms with E-state index in [4.69, 9.17) is 10.2 Å². The highest BCUT2D eigenvalue weighted by Crippen LogP contribution is 2.26. The largest absolute Gasteiger partial charge is 0.414 e. The summed E-state index contributed by atoms with van der Waals surface area (Å²) in [6.07, 6.45) is 1.50. The second-order valence-electron chi connectivity index (χ2n) is 4.04. The molecule has 0 saturated carbocycles. The average molecular weight is 331 g/mol. The Morgan fingerprint density at radius 1 is 1.10 bits per heavy atom. The van der Waals surface area contributed by atoms with Gasteiger partial charge in [-0.1, -0.05) is 12.1 Å². The van der Waals surface area contributed by atoms with Gasteiger partial charge in [0.15, 0.2) is 11.5 Å². The lowest BCUT2D eigenvalue weighted by atomic mass is 10.1. The summed E-state index contributed by atoms with van der Waals surface area (Å²) in [7, 11) is 0. The average Bonchev–Trinajstić information content (AvgIpc) is 2.92. The molecule has 0 unspecified atom stereocenters. The number of nitrogens with two attached hydrogens (primary N) is 1. The Kier molecular flexibility index (Phi) is 3.19. The van der Waals surface area contributed by atoms with Crippen molar-refractivity contribution in [3.8, 4) is 23.0 Å². The molecule has 1 aromatic carbocycles. The van der Waals surface area contributed by atoms with Gasteiger partial charge in [-0.15, -0.1) is 10.2 Å². The third-order valence-electron chi connectivity index (χ3n) is 2.60. The lowest BCUT2D eigenvalue weighted by molar-refractivity contribution is 0.582. The van der Waals surface area contributed by atoms with Crippen LogP contribution in [0, 0.1) is 6.92 Å². The second kappa shape index (κ2) is 5.01. The molecule has 0 aliphatic rings. The van der Waals surface area contributed by atoms with E-state index in [1.54, 1.807) is 0 Å². The number of nitrogen functional groups attached to an aromatic ring is 1. The van der Waals surface area contributed by atoms with Gasteiger partial charge in [0.25, 0.3) is 5.89 Å². The standard InChI is InChI=1S/C13H9BrN5O/c1-7-2-4-8(5-3-7)12-18-19-13(20-12)10-11(15)16-6-9(14)17-10/h2-6H,1H2,(H2,15,16). The number of anilines is 1. The highest BCUT2D eigenvalue weighted by Gasteiger charge is 2.15. The molecule has 7 heteroatoms. The fourth-order valence-electron chi connectivity index (χ4n) is 1.62. The summed E-state index contributed by atoms with van der Waals surface area (Å²) in [5.74, 6) is 0.850. The third kappa shape index (κ3) is 2.39. The molecule has 2 aromatic heterocycles. The normalized spacial score (nSPS) is 10.7. The first-order valence-corrected chi connectivity index (χ1v) is 6.47. The van der Waals surface area contributed by atoms with E-state index in [0.29, 0.717) is 16.2 Å². The Morgan fingerprint density at radius 2 is 1.80 bits per heavy atom. The van der Waals surface area contributed by atoms with E-state index in [9.17, 15) is 0 Å². The van der Waals surface area contributed by atoms with Crippen LogP contribution in [0.5, 0.6) is 0 Å². The molecule has 99 valence electrons. The van der Waals surface area contributed by atoms with Crippen molar-refractivity contribution >= 4 is 21.7 Å². The lowest BCUT2D eigenvalue weighted by Gasteiger charge is -1.99. The minimum Gasteiger partial charge on any atom is -0.414 e. The molecule has 0 spiro atoms. The molecule has 2 heterocycles. The summed E-state index contributed by atoms with van der Waals surface area (Å²) >= 11 is 3.23. The summed E-state index contributed by atoms with van der Waals surface area (Å²) in [5.41, 5.74) is 7.83. The van der Waals surface area contributed by atoms with Gasteiger partial charge in [-0.2, -0.15) is 0 Å². The van der Waals surface area contributed by atoms with Crippen LogP contribution >= 0.6 is 15.9 Å². The Hall–Kier alpha value is -2.28. The summed E-state index contributed by atoms with van der Waals surface area (Å²) in [4.78, 5) is 8.17. The van der Waals surface area contributed by atoms with Gasteiger partial charge >= 0.3 is 0 Å². The number of nitrogens with zero attached hydrogens (tertiary/aromatic N) is 4. The van der Waals surface area contributed by atoms with Crippen LogP contribution in [0.25, 0.3) is 23.0 Å². The van der Waals surface area contributed by atoms with Gasteiger partial charge in [0.2, 0.25) is 5.89 Å². The summed E-state index contributed by atoms with van der Waals surface area (Å²) in [6.45, 7) is 3.82. The van der Waals surface area contributed by atoms with Crippen LogP contribution in [0.1, 0.15) is 5.56 Å². The molecular weight excluding hydrogens is 322 g/mol. The van der Waals surface area contributed by atoms with Gasteiger partial charge in [0.1, 0.15) is 4.60 Å². The Labute approximate surface area is 123 Å². The molecule has 0 aliphatic heterocycles. The van der Waals surface area contributed by atoms with E-state index in [1.165, 1.54) is 6.20 Å². The Bertz CT molecular complexity index is 754. The van der Waals surface area contributed by atoms with Crippen LogP contribution in [-0.2, 0) is 0 Å². The number of hydrogen-bond acceptors (Lipinski definition) is 6. The smallest absolute Gasteiger partial charge is 0.270 e. The summed E-state index contributed by atoms with van der Waals surface area (Å²) < 4.78 is 6.13. The maximum absolute atomic E-state index is 5.76. The van der Waals surface area contributed by atoms with Crippen LogP contribution in [0.2, 0.25) is 0 Å². The quantitative estimate of drug-likeness (QED) is 0.776. The zero-order chi connectivity index (χ0) is 14.1. The van der Waals surface area contributed by atoms with E-state index in [0.717, 1.165) is 11.1 Å². The minimum absolute atomic E-state index is 0.227. The predicted octanol–water partition coefficient (Wildman–Crippen LogP) is 2.72. The van der Waals surface area contributed by atoms with Gasteiger partial charge in [-0.25, -0.2) is 9.97 Å². The van der Waals surface area contributed by atoms with Crippen molar-refractivity contribution in [3.63, 3.8) is 0 Å². The first-order chi connectivity index (χ1) is 9.63. The van der Waals surface area contributed by atoms with Crippen LogP contribution in [0.4, 0.5) is 5.82 Å². The van der Waals surface area contributed by atoms with Crippen molar-refractivity contribution in [2.75, 3.05) is 5.73 Å². The van der Waals surface area contributed by atoms with Gasteiger partial charge in [0, 0.05) is 5.56 Å². The number of hydrogen-bond donors (Lipinski definition) is 1. The molecule has 3 aromatic rings. The number of halogens is 1. The van der Waals surface area contributed by atoms with E-state index < -0.39 is 0 Å². The second-order valence-corrected chi connectivity index (χ2v) is 4.85. The maximum Gasteiger partial charge on any atom is 0.270 e. The molecule has 0 atom stereocenters. The molecule has 0 fully saturated rings. The fourth-order valence-corrected chi connectivity index (χ4v) is 1.90. The van der Waals surface area contributed by atoms with Gasteiger partial charge in [-0.3, -0.25) is 0 Å². The first-order valence-electron chi connectivity index (χ1n) is 5.68. The van der Waals surface area contributed by atoms with Crippen molar-refractivity contribution in [1.29, 1.82) is 0 Å². The summed E-state index contributed by atoms with van der Waals surface area (Å²) in [6, 6.07) is 7.45. The van der Waals surface area contributed by atoms with E-state index in [2.05, 4.69) is 43.0 Å². The van der Waals surface area contributed by atoms with Crippen LogP contribution in [0.15, 0.2) is 39.5 Å². The van der Waals surface area contributed by atoms with E-state index >= 15 is 0 Å². The summed E-state index contributed by atoms with van der Waals surface area (Å²) in [5, 5.41) is 7.94. The molecule has 0 bridgehead atoms. The first kappa shape index (κ1) is 12.7. The topological polar surface area (TPSA) is 90.7 Å². The highest BCUT2D eigenvalue weighted by molar-refractivity contribution is 9.10. The molecule has 0 amide bonds. The van der Waals surface area contributed by atoms with Crippen molar-refractivity contribution in [1.82, 2.24) is 20.2 Å². The number of aromatic nitrogens is 4. The molecule has 6 nitrogen and oxygen atoms in total. The zero-order valence-electron chi connectivity index (χ0n) is 10.2. The molecule has 0 saturated heterocycles. The molecule has 2 N–H and O–H groups in total. The van der Waals surface area contributed by atoms with E-state index in [1.807, 2.05) is 24.3 Å². The number of rotatable bonds is 2. The fraction of sp³-hybridized carbons (Fsp3) is 0. The molecule has 1 radical (unpaired) electrons. The Morgan fingerprint density at radius 3 is 2.55 bits per heavy atom. The number of benzene rings is 1. The molecule has 20 heavy (non-hydrogen) atoms. The van der Waals surface area contributed by atoms with Crippen molar-refractivity contribution in [2.24, 2.45) is 0 Å². The monoisotopic (exact) mass is 330 g/mol. The SMILES string of the molecule is [CH2]c1ccc(-c2nnc(-c3nc(Br)cnc3N)o2)cc1. The Balaban J connectivity index is 2.01. The third-order valence-corrected chi connectivity index (χ3v) is 2.98. The van der Waals surface area contributed by atoms with Crippen LogP contribution in [0.3, 0.4) is 0 Å². The predicted molar refractivity (Wildman–Crippen MR) is 77.3 cm³/mol. The van der Waals surface area contributed by atoms with Crippen molar-refractivity contribution in [2.45, 2.75) is 0 Å². The van der Waals surface area contributed by atoms with Crippen molar-refractivity contribution < 1.29 is 4.42 Å². The highest BCUT2D eigenvalue weighted by atomic mass is 79.9. The molecule has 3 rings (SSSR count). The van der Waals surface area contributed by atoms with Gasteiger partial charge in [-0.05, 0) is 40.5 Å². The maximum atomic E-state index is 5.76. The molecular formula is C13H9BrN5O. The molecule has 0 aliphatic carbocycles. The lowest BCUT2D eigenvalue weighted by Crippen LogP contribution is -1.97. The van der Waals surface area contributed by atoms with E-state index in [-0.39, 0.29) is 11.7 Å². The van der Waals surface area contributed by atoms with Gasteiger partial charge in [0.05, 0.1) is 6.20 Å². The van der Waals surface area contributed by atoms with Crippen molar-refractivity contribution in [3.05, 3.63) is 47.6 Å². The van der Waals surface area contributed by atoms with Crippen LogP contribution < -0.4 is 5.73 Å². The minimum atomic E-state index is 0.227. The van der Waals surface area contributed by atoms with Crippen LogP contribution in [-0.4, -0.2) is 20.2 Å².